The molecule has 1 atom stereocenters. The maximum Gasteiger partial charge on any atom is 0.177 e. The van der Waals surface area contributed by atoms with Crippen molar-refractivity contribution in [3.05, 3.63) is 51.3 Å². The van der Waals surface area contributed by atoms with Crippen LogP contribution in [0.25, 0.3) is 0 Å². The normalized spacial score (nSPS) is 18.0. The summed E-state index contributed by atoms with van der Waals surface area (Å²) in [7, 11) is 0. The maximum atomic E-state index is 13.7. The van der Waals surface area contributed by atoms with Gasteiger partial charge in [-0.3, -0.25) is 0 Å². The lowest BCUT2D eigenvalue weighted by Crippen LogP contribution is -2.01. The van der Waals surface area contributed by atoms with Gasteiger partial charge in [-0.1, -0.05) is 11.6 Å². The number of fused-ring (bicyclic) bond motifs is 1. The minimum absolute atomic E-state index is 0.188. The molecule has 1 unspecified atom stereocenters. The first-order chi connectivity index (χ1) is 8.65. The van der Waals surface area contributed by atoms with E-state index < -0.39 is 0 Å². The summed E-state index contributed by atoms with van der Waals surface area (Å²) in [6.45, 7) is 0.907. The molecular weight excluding hydrogens is 271 g/mol. The van der Waals surface area contributed by atoms with Gasteiger partial charge in [-0.25, -0.2) is 4.39 Å². The van der Waals surface area contributed by atoms with Crippen LogP contribution in [-0.4, -0.2) is 9.55 Å². The third kappa shape index (κ3) is 1.99. The van der Waals surface area contributed by atoms with Crippen molar-refractivity contribution in [3.63, 3.8) is 0 Å². The number of aromatic nitrogens is 2. The Morgan fingerprint density at radius 2 is 2.33 bits per heavy atom. The summed E-state index contributed by atoms with van der Waals surface area (Å²) in [6.07, 6.45) is 3.60. The van der Waals surface area contributed by atoms with E-state index in [1.165, 1.54) is 11.8 Å². The largest absolute Gasteiger partial charge is 0.337 e. The van der Waals surface area contributed by atoms with E-state index in [2.05, 4.69) is 9.55 Å². The highest BCUT2D eigenvalue weighted by molar-refractivity contribution is 7.71. The molecule has 2 heterocycles. The van der Waals surface area contributed by atoms with E-state index in [9.17, 15) is 4.39 Å². The predicted molar refractivity (Wildman–Crippen MR) is 72.1 cm³/mol. The number of aromatic amines is 1. The molecule has 2 nitrogen and oxygen atoms in total. The number of H-pyrrole nitrogens is 1. The molecule has 0 aliphatic carbocycles. The van der Waals surface area contributed by atoms with Gasteiger partial charge < -0.3 is 9.55 Å². The number of rotatable bonds is 2. The van der Waals surface area contributed by atoms with Gasteiger partial charge in [-0.05, 0) is 48.8 Å². The molecule has 0 saturated heterocycles. The second-order valence-corrected chi connectivity index (χ2v) is 5.42. The fourth-order valence-corrected chi connectivity index (χ4v) is 3.03. The lowest BCUT2D eigenvalue weighted by atomic mass is 9.95. The Morgan fingerprint density at radius 3 is 3.17 bits per heavy atom. The lowest BCUT2D eigenvalue weighted by molar-refractivity contribution is 0.584. The Kier molecular flexibility index (Phi) is 2.99. The second kappa shape index (κ2) is 4.52. The van der Waals surface area contributed by atoms with Crippen LogP contribution in [0.5, 0.6) is 0 Å². The van der Waals surface area contributed by atoms with Crippen LogP contribution in [0.2, 0.25) is 5.02 Å². The second-order valence-electron chi connectivity index (χ2n) is 4.60. The van der Waals surface area contributed by atoms with E-state index in [0.717, 1.165) is 17.7 Å². The quantitative estimate of drug-likeness (QED) is 0.824. The smallest absolute Gasteiger partial charge is 0.177 e. The molecule has 0 bridgehead atoms. The van der Waals surface area contributed by atoms with Crippen molar-refractivity contribution in [2.75, 3.05) is 0 Å². The Bertz CT molecular complexity index is 647. The molecule has 94 valence electrons. The van der Waals surface area contributed by atoms with Crippen LogP contribution in [0.4, 0.5) is 4.39 Å². The molecule has 2 aromatic rings. The SMILES string of the molecule is Fc1ccc(Cl)cc1CC1CCn2c1c[nH]c2=S. The van der Waals surface area contributed by atoms with E-state index in [1.807, 2.05) is 6.20 Å². The molecule has 0 saturated carbocycles. The molecule has 1 aromatic heterocycles. The molecule has 0 radical (unpaired) electrons. The maximum absolute atomic E-state index is 13.7. The zero-order valence-corrected chi connectivity index (χ0v) is 11.2. The van der Waals surface area contributed by atoms with Crippen molar-refractivity contribution in [2.24, 2.45) is 0 Å². The summed E-state index contributed by atoms with van der Waals surface area (Å²) in [4.78, 5) is 3.04. The average molecular weight is 283 g/mol. The number of benzene rings is 1. The van der Waals surface area contributed by atoms with Crippen LogP contribution in [0.15, 0.2) is 24.4 Å². The summed E-state index contributed by atoms with van der Waals surface area (Å²) in [5, 5.41) is 0.579. The molecule has 1 aromatic carbocycles. The molecule has 5 heteroatoms. The molecule has 0 amide bonds. The van der Waals surface area contributed by atoms with Gasteiger partial charge in [0.15, 0.2) is 4.77 Å². The number of hydrogen-bond acceptors (Lipinski definition) is 1. The van der Waals surface area contributed by atoms with Gasteiger partial charge in [0.2, 0.25) is 0 Å². The minimum Gasteiger partial charge on any atom is -0.337 e. The fraction of sp³-hybridized carbons (Fsp3) is 0.308. The van der Waals surface area contributed by atoms with Crippen LogP contribution in [-0.2, 0) is 13.0 Å². The van der Waals surface area contributed by atoms with Gasteiger partial charge in [0, 0.05) is 29.4 Å². The Balaban J connectivity index is 1.90. The first-order valence-corrected chi connectivity index (χ1v) is 6.66. The highest BCUT2D eigenvalue weighted by atomic mass is 35.5. The van der Waals surface area contributed by atoms with Crippen LogP contribution in [0.1, 0.15) is 23.6 Å². The zero-order chi connectivity index (χ0) is 12.7. The fourth-order valence-electron chi connectivity index (χ4n) is 2.58. The van der Waals surface area contributed by atoms with Gasteiger partial charge in [0.05, 0.1) is 0 Å². The van der Waals surface area contributed by atoms with E-state index in [1.54, 1.807) is 12.1 Å². The molecule has 1 N–H and O–H groups in total. The van der Waals surface area contributed by atoms with E-state index in [4.69, 9.17) is 23.8 Å². The number of halogens is 2. The molecule has 0 spiro atoms. The minimum atomic E-state index is -0.188. The van der Waals surface area contributed by atoms with Crippen molar-refractivity contribution >= 4 is 23.8 Å². The summed E-state index contributed by atoms with van der Waals surface area (Å²) >= 11 is 11.1. The van der Waals surface area contributed by atoms with Gasteiger partial charge in [0.25, 0.3) is 0 Å². The van der Waals surface area contributed by atoms with Crippen LogP contribution in [0, 0.1) is 10.6 Å². The summed E-state index contributed by atoms with van der Waals surface area (Å²) in [5.41, 5.74) is 1.84. The van der Waals surface area contributed by atoms with Crippen LogP contribution >= 0.6 is 23.8 Å². The van der Waals surface area contributed by atoms with E-state index >= 15 is 0 Å². The lowest BCUT2D eigenvalue weighted by Gasteiger charge is -2.10. The van der Waals surface area contributed by atoms with Crippen LogP contribution < -0.4 is 0 Å². The Morgan fingerprint density at radius 1 is 1.50 bits per heavy atom. The molecule has 0 fully saturated rings. The van der Waals surface area contributed by atoms with Gasteiger partial charge >= 0.3 is 0 Å². The topological polar surface area (TPSA) is 20.7 Å². The Hall–Kier alpha value is -1.13. The van der Waals surface area contributed by atoms with Crippen molar-refractivity contribution in [1.29, 1.82) is 0 Å². The average Bonchev–Trinajstić information content (AvgIpc) is 2.89. The number of imidazole rings is 1. The van der Waals surface area contributed by atoms with Crippen molar-refractivity contribution < 1.29 is 4.39 Å². The van der Waals surface area contributed by atoms with Crippen LogP contribution in [0.3, 0.4) is 0 Å². The molecule has 1 aliphatic rings. The molecular formula is C13H12ClFN2S. The molecule has 1 aliphatic heterocycles. The van der Waals surface area contributed by atoms with Gasteiger partial charge in [-0.15, -0.1) is 0 Å². The first kappa shape index (κ1) is 11.9. The van der Waals surface area contributed by atoms with Crippen molar-refractivity contribution in [2.45, 2.75) is 25.3 Å². The van der Waals surface area contributed by atoms with E-state index in [0.29, 0.717) is 22.9 Å². The molecule has 3 rings (SSSR count). The standard InChI is InChI=1S/C13H12ClFN2S/c14-10-1-2-11(15)9(6-10)5-8-3-4-17-12(8)7-16-13(17)18/h1-2,6-8H,3-5H2,(H,16,18). The predicted octanol–water partition coefficient (Wildman–Crippen LogP) is 4.07. The van der Waals surface area contributed by atoms with Crippen molar-refractivity contribution in [3.8, 4) is 0 Å². The van der Waals surface area contributed by atoms with Gasteiger partial charge in [-0.2, -0.15) is 0 Å². The highest BCUT2D eigenvalue weighted by Gasteiger charge is 2.24. The van der Waals surface area contributed by atoms with Gasteiger partial charge in [0.1, 0.15) is 5.82 Å². The third-order valence-electron chi connectivity index (χ3n) is 3.49. The molecule has 18 heavy (non-hydrogen) atoms. The first-order valence-electron chi connectivity index (χ1n) is 5.87. The number of nitrogens with one attached hydrogen (secondary N) is 1. The summed E-state index contributed by atoms with van der Waals surface area (Å²) in [6, 6.07) is 4.71. The zero-order valence-electron chi connectivity index (χ0n) is 9.62. The highest BCUT2D eigenvalue weighted by Crippen LogP contribution is 2.32. The monoisotopic (exact) mass is 282 g/mol. The number of hydrogen-bond donors (Lipinski definition) is 1. The number of nitrogens with zero attached hydrogens (tertiary/aromatic N) is 1. The summed E-state index contributed by atoms with van der Waals surface area (Å²) < 4.78 is 16.5. The summed E-state index contributed by atoms with van der Waals surface area (Å²) in [5.74, 6) is 0.123. The van der Waals surface area contributed by atoms with Crippen molar-refractivity contribution in [1.82, 2.24) is 9.55 Å². The third-order valence-corrected chi connectivity index (χ3v) is 4.07. The van der Waals surface area contributed by atoms with E-state index in [-0.39, 0.29) is 5.82 Å². The Labute approximate surface area is 114 Å².